The third-order valence-corrected chi connectivity index (χ3v) is 7.61. The van der Waals surface area contributed by atoms with Gasteiger partial charge in [0, 0.05) is 31.1 Å². The van der Waals surface area contributed by atoms with Gasteiger partial charge in [-0.25, -0.2) is 0 Å². The largest absolute Gasteiger partial charge is 0.356 e. The fourth-order valence-corrected chi connectivity index (χ4v) is 5.77. The van der Waals surface area contributed by atoms with Crippen molar-refractivity contribution in [2.45, 2.75) is 51.5 Å². The Morgan fingerprint density at radius 2 is 1.97 bits per heavy atom. The number of piperidine rings is 2. The molecule has 2 aliphatic heterocycles. The van der Waals surface area contributed by atoms with E-state index in [1.54, 1.807) is 0 Å². The fraction of sp³-hybridized carbons (Fsp3) is 0.783. The van der Waals surface area contributed by atoms with Crippen LogP contribution in [0.15, 0.2) is 22.5 Å². The van der Waals surface area contributed by atoms with Crippen molar-refractivity contribution in [1.82, 2.24) is 20.4 Å². The lowest BCUT2D eigenvalue weighted by molar-refractivity contribution is 0.125. The average Bonchev–Trinajstić information content (AvgIpc) is 3.25. The molecule has 0 aromatic carbocycles. The van der Waals surface area contributed by atoms with Crippen molar-refractivity contribution in [2.75, 3.05) is 53.4 Å². The molecule has 30 heavy (non-hydrogen) atoms. The van der Waals surface area contributed by atoms with E-state index >= 15 is 0 Å². The lowest BCUT2D eigenvalue weighted by atomic mass is 9.88. The van der Waals surface area contributed by atoms with E-state index in [0.29, 0.717) is 12.0 Å². The summed E-state index contributed by atoms with van der Waals surface area (Å²) in [6.07, 6.45) is 7.79. The maximum absolute atomic E-state index is 4.45. The van der Waals surface area contributed by atoms with Crippen LogP contribution in [0.5, 0.6) is 0 Å². The zero-order valence-corrected chi connectivity index (χ0v) is 22.3. The van der Waals surface area contributed by atoms with Gasteiger partial charge in [-0.05, 0) is 95.0 Å². The topological polar surface area (TPSA) is 42.9 Å². The summed E-state index contributed by atoms with van der Waals surface area (Å²) in [5.41, 5.74) is 0. The van der Waals surface area contributed by atoms with Crippen molar-refractivity contribution in [3.8, 4) is 0 Å². The Hall–Kier alpha value is -0.380. The van der Waals surface area contributed by atoms with Crippen molar-refractivity contribution in [1.29, 1.82) is 0 Å². The predicted octanol–water partition coefficient (Wildman–Crippen LogP) is 4.43. The molecule has 2 fully saturated rings. The van der Waals surface area contributed by atoms with Crippen LogP contribution in [-0.4, -0.2) is 69.1 Å². The molecule has 3 heterocycles. The maximum Gasteiger partial charge on any atom is 0.190 e. The van der Waals surface area contributed by atoms with Gasteiger partial charge in [-0.15, -0.1) is 35.3 Å². The predicted molar refractivity (Wildman–Crippen MR) is 141 cm³/mol. The molecule has 2 N–H and O–H groups in total. The summed E-state index contributed by atoms with van der Waals surface area (Å²) in [7, 11) is 4.15. The van der Waals surface area contributed by atoms with Gasteiger partial charge in [0.15, 0.2) is 5.96 Å². The van der Waals surface area contributed by atoms with Crippen LogP contribution in [0.25, 0.3) is 0 Å². The first-order chi connectivity index (χ1) is 14.2. The van der Waals surface area contributed by atoms with Crippen LogP contribution in [0.1, 0.15) is 56.4 Å². The Morgan fingerprint density at radius 3 is 2.67 bits per heavy atom. The van der Waals surface area contributed by atoms with Crippen LogP contribution in [-0.2, 0) is 0 Å². The average molecular weight is 548 g/mol. The zero-order valence-electron chi connectivity index (χ0n) is 19.1. The van der Waals surface area contributed by atoms with Gasteiger partial charge in [0.2, 0.25) is 0 Å². The molecule has 0 spiro atoms. The number of rotatable bonds is 8. The van der Waals surface area contributed by atoms with Crippen LogP contribution in [0.3, 0.4) is 0 Å². The molecule has 2 unspecified atom stereocenters. The highest BCUT2D eigenvalue weighted by Crippen LogP contribution is 2.36. The SMILES string of the molecule is CN=C(NCCCCN1CCC(C)CC1)NCC1CCCN(C)C1c1cccs1.I. The molecule has 2 aliphatic rings. The first kappa shape index (κ1) is 25.9. The summed E-state index contributed by atoms with van der Waals surface area (Å²) in [6, 6.07) is 5.00. The van der Waals surface area contributed by atoms with E-state index in [2.05, 4.69) is 56.9 Å². The van der Waals surface area contributed by atoms with E-state index in [4.69, 9.17) is 0 Å². The molecular weight excluding hydrogens is 505 g/mol. The standard InChI is InChI=1S/C23H41N5S.HI/c1-19-10-15-28(16-11-19)14-5-4-12-25-23(24-2)26-18-20-8-6-13-27(3)22(20)21-9-7-17-29-21;/h7,9,17,19-20,22H,4-6,8,10-16,18H2,1-3H3,(H2,24,25,26);1H. The van der Waals surface area contributed by atoms with Crippen LogP contribution < -0.4 is 10.6 Å². The van der Waals surface area contributed by atoms with Gasteiger partial charge in [-0.3, -0.25) is 9.89 Å². The summed E-state index contributed by atoms with van der Waals surface area (Å²) in [5.74, 6) is 2.51. The molecule has 3 rings (SSSR count). The number of hydrogen-bond acceptors (Lipinski definition) is 4. The number of guanidine groups is 1. The smallest absolute Gasteiger partial charge is 0.190 e. The second-order valence-corrected chi connectivity index (χ2v) is 9.93. The van der Waals surface area contributed by atoms with Crippen molar-refractivity contribution in [2.24, 2.45) is 16.8 Å². The summed E-state index contributed by atoms with van der Waals surface area (Å²) < 4.78 is 0. The van der Waals surface area contributed by atoms with E-state index in [0.717, 1.165) is 25.0 Å². The molecule has 0 amide bonds. The van der Waals surface area contributed by atoms with Crippen molar-refractivity contribution < 1.29 is 0 Å². The maximum atomic E-state index is 4.45. The van der Waals surface area contributed by atoms with Crippen LogP contribution in [0.2, 0.25) is 0 Å². The van der Waals surface area contributed by atoms with Crippen LogP contribution >= 0.6 is 35.3 Å². The number of likely N-dealkylation sites (tertiary alicyclic amines) is 2. The van der Waals surface area contributed by atoms with E-state index in [-0.39, 0.29) is 24.0 Å². The number of aliphatic imine (C=N–C) groups is 1. The van der Waals surface area contributed by atoms with E-state index in [1.165, 1.54) is 69.6 Å². The van der Waals surface area contributed by atoms with E-state index in [1.807, 2.05) is 18.4 Å². The Bertz CT molecular complexity index is 601. The van der Waals surface area contributed by atoms with E-state index < -0.39 is 0 Å². The number of halogens is 1. The van der Waals surface area contributed by atoms with Gasteiger partial charge in [0.05, 0.1) is 0 Å². The summed E-state index contributed by atoms with van der Waals surface area (Å²) >= 11 is 1.89. The number of thiophene rings is 1. The number of unbranched alkanes of at least 4 members (excludes halogenated alkanes) is 1. The van der Waals surface area contributed by atoms with Gasteiger partial charge in [-0.2, -0.15) is 0 Å². The van der Waals surface area contributed by atoms with Gasteiger partial charge in [0.25, 0.3) is 0 Å². The lowest BCUT2D eigenvalue weighted by Gasteiger charge is -2.39. The minimum atomic E-state index is 0. The molecule has 1 aromatic rings. The highest BCUT2D eigenvalue weighted by atomic mass is 127. The molecule has 7 heteroatoms. The minimum Gasteiger partial charge on any atom is -0.356 e. The number of nitrogens with one attached hydrogen (secondary N) is 2. The summed E-state index contributed by atoms with van der Waals surface area (Å²) in [6.45, 7) is 9.40. The van der Waals surface area contributed by atoms with Gasteiger partial charge < -0.3 is 15.5 Å². The number of nitrogens with zero attached hydrogens (tertiary/aromatic N) is 3. The molecule has 2 saturated heterocycles. The van der Waals surface area contributed by atoms with Crippen LogP contribution in [0.4, 0.5) is 0 Å². The van der Waals surface area contributed by atoms with Gasteiger partial charge in [-0.1, -0.05) is 13.0 Å². The Morgan fingerprint density at radius 1 is 1.17 bits per heavy atom. The normalized spacial score (nSPS) is 24.4. The second kappa shape index (κ2) is 13.9. The first-order valence-corrected chi connectivity index (χ1v) is 12.5. The first-order valence-electron chi connectivity index (χ1n) is 11.6. The molecule has 172 valence electrons. The van der Waals surface area contributed by atoms with Gasteiger partial charge >= 0.3 is 0 Å². The molecule has 0 saturated carbocycles. The van der Waals surface area contributed by atoms with E-state index in [9.17, 15) is 0 Å². The monoisotopic (exact) mass is 547 g/mol. The second-order valence-electron chi connectivity index (χ2n) is 8.95. The molecule has 1 aromatic heterocycles. The molecular formula is C23H42IN5S. The highest BCUT2D eigenvalue weighted by Gasteiger charge is 2.31. The van der Waals surface area contributed by atoms with Gasteiger partial charge in [0.1, 0.15) is 0 Å². The third-order valence-electron chi connectivity index (χ3n) is 6.67. The number of hydrogen-bond donors (Lipinski definition) is 2. The molecule has 0 bridgehead atoms. The summed E-state index contributed by atoms with van der Waals surface area (Å²) in [4.78, 5) is 11.1. The summed E-state index contributed by atoms with van der Waals surface area (Å²) in [5, 5.41) is 9.33. The Balaban J connectivity index is 0.00000320. The zero-order chi connectivity index (χ0) is 20.5. The highest BCUT2D eigenvalue weighted by molar-refractivity contribution is 14.0. The lowest BCUT2D eigenvalue weighted by Crippen LogP contribution is -2.45. The quantitative estimate of drug-likeness (QED) is 0.219. The van der Waals surface area contributed by atoms with Crippen molar-refractivity contribution in [3.05, 3.63) is 22.4 Å². The van der Waals surface area contributed by atoms with Crippen LogP contribution in [0, 0.1) is 11.8 Å². The van der Waals surface area contributed by atoms with Crippen molar-refractivity contribution >= 4 is 41.3 Å². The molecule has 0 radical (unpaired) electrons. The van der Waals surface area contributed by atoms with Crippen molar-refractivity contribution in [3.63, 3.8) is 0 Å². The third kappa shape index (κ3) is 7.95. The minimum absolute atomic E-state index is 0. The molecule has 0 aliphatic carbocycles. The molecule has 2 atom stereocenters. The molecule has 5 nitrogen and oxygen atoms in total. The fourth-order valence-electron chi connectivity index (χ4n) is 4.78. The Kier molecular flexibility index (Phi) is 12.0. The Labute approximate surface area is 205 Å².